The van der Waals surface area contributed by atoms with Crippen molar-refractivity contribution in [3.8, 4) is 22.8 Å². The Morgan fingerprint density at radius 3 is 2.70 bits per heavy atom. The molecular formula is C26H27ClFN5O4. The molecule has 1 aromatic heterocycles. The summed E-state index contributed by atoms with van der Waals surface area (Å²) in [5.74, 6) is -1.86. The van der Waals surface area contributed by atoms with Gasteiger partial charge in [-0.1, -0.05) is 24.2 Å². The zero-order valence-corrected chi connectivity index (χ0v) is 21.4. The normalized spacial score (nSPS) is 17.6. The predicted octanol–water partition coefficient (Wildman–Crippen LogP) is 3.47. The monoisotopic (exact) mass is 527 g/mol. The summed E-state index contributed by atoms with van der Waals surface area (Å²) in [5, 5.41) is 21.8. The maximum absolute atomic E-state index is 14.9. The third-order valence-electron chi connectivity index (χ3n) is 6.55. The highest BCUT2D eigenvalue weighted by Gasteiger charge is 2.40. The number of benzene rings is 1. The smallest absolute Gasteiger partial charge is 0.260 e. The van der Waals surface area contributed by atoms with E-state index in [2.05, 4.69) is 16.9 Å². The summed E-state index contributed by atoms with van der Waals surface area (Å²) < 4.78 is 21.0. The van der Waals surface area contributed by atoms with Crippen LogP contribution in [0.4, 0.5) is 4.39 Å². The van der Waals surface area contributed by atoms with Gasteiger partial charge in [0.2, 0.25) is 5.91 Å². The van der Waals surface area contributed by atoms with Crippen molar-refractivity contribution < 1.29 is 23.8 Å². The van der Waals surface area contributed by atoms with Gasteiger partial charge in [-0.2, -0.15) is 0 Å². The minimum Gasteiger partial charge on any atom is -0.507 e. The molecule has 1 atom stereocenters. The van der Waals surface area contributed by atoms with Crippen LogP contribution in [0.3, 0.4) is 0 Å². The number of rotatable bonds is 5. The topological polar surface area (TPSA) is 119 Å². The van der Waals surface area contributed by atoms with E-state index in [1.54, 1.807) is 30.7 Å². The molecule has 0 unspecified atom stereocenters. The summed E-state index contributed by atoms with van der Waals surface area (Å²) >= 11 is 6.71. The van der Waals surface area contributed by atoms with Crippen molar-refractivity contribution in [1.29, 1.82) is 5.41 Å². The van der Waals surface area contributed by atoms with Gasteiger partial charge in [-0.05, 0) is 32.1 Å². The van der Waals surface area contributed by atoms with E-state index in [1.807, 2.05) is 0 Å². The third kappa shape index (κ3) is 4.53. The molecule has 0 spiro atoms. The Kier molecular flexibility index (Phi) is 7.22. The van der Waals surface area contributed by atoms with Gasteiger partial charge in [-0.15, -0.1) is 0 Å². The highest BCUT2D eigenvalue weighted by molar-refractivity contribution is 6.36. The lowest BCUT2D eigenvalue weighted by Gasteiger charge is -2.39. The fourth-order valence-corrected chi connectivity index (χ4v) is 4.93. The lowest BCUT2D eigenvalue weighted by molar-refractivity contribution is -0.128. The Balaban J connectivity index is 1.99. The summed E-state index contributed by atoms with van der Waals surface area (Å²) in [6.45, 7) is 7.59. The van der Waals surface area contributed by atoms with E-state index in [1.165, 1.54) is 18.2 Å². The van der Waals surface area contributed by atoms with Crippen molar-refractivity contribution in [3.05, 3.63) is 58.6 Å². The number of aromatic hydroxyl groups is 1. The average Bonchev–Trinajstić information content (AvgIpc) is 3.02. The van der Waals surface area contributed by atoms with Gasteiger partial charge in [-0.25, -0.2) is 9.37 Å². The Bertz CT molecular complexity index is 1340. The summed E-state index contributed by atoms with van der Waals surface area (Å²) in [7, 11) is 1.67. The first kappa shape index (κ1) is 26.2. The van der Waals surface area contributed by atoms with E-state index < -0.39 is 23.5 Å². The molecule has 2 aliphatic rings. The van der Waals surface area contributed by atoms with E-state index in [9.17, 15) is 19.1 Å². The highest BCUT2D eigenvalue weighted by Crippen LogP contribution is 2.45. The van der Waals surface area contributed by atoms with Crippen molar-refractivity contribution in [1.82, 2.24) is 20.1 Å². The largest absolute Gasteiger partial charge is 0.507 e. The van der Waals surface area contributed by atoms with Crippen LogP contribution in [0.1, 0.15) is 29.9 Å². The van der Waals surface area contributed by atoms with Crippen LogP contribution in [0.15, 0.2) is 36.6 Å². The first-order valence-corrected chi connectivity index (χ1v) is 12.0. The van der Waals surface area contributed by atoms with E-state index in [0.717, 1.165) is 6.07 Å². The number of pyridine rings is 1. The molecule has 37 heavy (non-hydrogen) atoms. The molecule has 0 radical (unpaired) electrons. The maximum atomic E-state index is 14.9. The lowest BCUT2D eigenvalue weighted by Crippen LogP contribution is -2.57. The molecule has 2 amide bonds. The van der Waals surface area contributed by atoms with Crippen molar-refractivity contribution in [2.75, 3.05) is 33.3 Å². The number of halogens is 2. The van der Waals surface area contributed by atoms with Crippen LogP contribution in [0, 0.1) is 11.2 Å². The van der Waals surface area contributed by atoms with Gasteiger partial charge in [0, 0.05) is 43.7 Å². The van der Waals surface area contributed by atoms with Gasteiger partial charge in [0.15, 0.2) is 5.75 Å². The summed E-state index contributed by atoms with van der Waals surface area (Å²) in [4.78, 5) is 34.0. The number of carbonyl (C=O) groups is 2. The number of phenolic OH excluding ortho intramolecular Hbond substituents is 1. The summed E-state index contributed by atoms with van der Waals surface area (Å²) in [6, 6.07) is 3.33. The number of carbonyl (C=O) groups excluding carboxylic acids is 2. The van der Waals surface area contributed by atoms with Crippen LogP contribution in [-0.4, -0.2) is 76.7 Å². The number of ether oxygens (including phenoxy) is 1. The van der Waals surface area contributed by atoms with Crippen molar-refractivity contribution in [2.24, 2.45) is 0 Å². The SMILES string of the molecule is C=CC(=O)N1CCN2C(=O)c3c(/C(C(C)=N)=C(\C)NC)nc(-c4c(O)cccc4F)c(Cl)c3OC[C@H]2C1. The number of phenols is 1. The summed E-state index contributed by atoms with van der Waals surface area (Å²) in [6.07, 6.45) is 1.22. The van der Waals surface area contributed by atoms with Gasteiger partial charge in [0.05, 0.1) is 17.3 Å². The highest BCUT2D eigenvalue weighted by atomic mass is 35.5. The number of allylic oxidation sites excluding steroid dienone is 2. The molecule has 2 aliphatic heterocycles. The molecule has 0 saturated carbocycles. The molecule has 1 fully saturated rings. The molecule has 0 aliphatic carbocycles. The van der Waals surface area contributed by atoms with Crippen LogP contribution in [0.25, 0.3) is 16.8 Å². The van der Waals surface area contributed by atoms with Gasteiger partial charge in [-0.3, -0.25) is 9.59 Å². The van der Waals surface area contributed by atoms with Crippen LogP contribution < -0.4 is 10.1 Å². The van der Waals surface area contributed by atoms with E-state index in [0.29, 0.717) is 17.8 Å². The number of hydrogen-bond donors (Lipinski definition) is 3. The standard InChI is InChI=1S/C26H27ClFN5O4/c1-5-18(35)32-9-10-33-15(11-32)12-37-25-21(26(33)36)23(19(13(2)29)14(3)30-4)31-24(22(25)27)20-16(28)7-6-8-17(20)34/h5-8,15,29-30,34H,1,9-12H2,2-4H3/b19-14+,29-13?/t15-/m1/s1. The number of nitrogens with one attached hydrogen (secondary N) is 2. The minimum atomic E-state index is -0.765. The van der Waals surface area contributed by atoms with Crippen LogP contribution in [0.2, 0.25) is 5.02 Å². The second-order valence-corrected chi connectivity index (χ2v) is 9.17. The van der Waals surface area contributed by atoms with Crippen LogP contribution in [0.5, 0.6) is 11.5 Å². The zero-order chi connectivity index (χ0) is 27.0. The molecule has 4 rings (SSSR count). The van der Waals surface area contributed by atoms with Crippen molar-refractivity contribution >= 4 is 34.7 Å². The number of nitrogens with zero attached hydrogens (tertiary/aromatic N) is 3. The predicted molar refractivity (Wildman–Crippen MR) is 138 cm³/mol. The second kappa shape index (κ2) is 10.2. The number of amides is 2. The van der Waals surface area contributed by atoms with E-state index in [-0.39, 0.29) is 64.6 Å². The second-order valence-electron chi connectivity index (χ2n) is 8.79. The number of piperazine rings is 1. The first-order valence-electron chi connectivity index (χ1n) is 11.6. The number of aromatic nitrogens is 1. The molecule has 0 bridgehead atoms. The molecular weight excluding hydrogens is 501 g/mol. The molecule has 1 saturated heterocycles. The summed E-state index contributed by atoms with van der Waals surface area (Å²) in [5.41, 5.74) is 0.693. The Labute approximate surface area is 218 Å². The van der Waals surface area contributed by atoms with Gasteiger partial charge >= 0.3 is 0 Å². The Hall–Kier alpha value is -3.92. The van der Waals surface area contributed by atoms with Gasteiger partial charge in [0.25, 0.3) is 5.91 Å². The zero-order valence-electron chi connectivity index (χ0n) is 20.7. The van der Waals surface area contributed by atoms with E-state index in [4.69, 9.17) is 21.7 Å². The molecule has 3 heterocycles. The van der Waals surface area contributed by atoms with Gasteiger partial charge < -0.3 is 30.4 Å². The Morgan fingerprint density at radius 2 is 2.08 bits per heavy atom. The first-order chi connectivity index (χ1) is 17.6. The Morgan fingerprint density at radius 1 is 1.35 bits per heavy atom. The lowest BCUT2D eigenvalue weighted by atomic mass is 9.96. The molecule has 194 valence electrons. The average molecular weight is 528 g/mol. The quantitative estimate of drug-likeness (QED) is 0.405. The molecule has 11 heteroatoms. The molecule has 3 N–H and O–H groups in total. The number of hydrogen-bond acceptors (Lipinski definition) is 7. The molecule has 1 aromatic carbocycles. The molecule has 9 nitrogen and oxygen atoms in total. The fourth-order valence-electron chi connectivity index (χ4n) is 4.65. The number of fused-ring (bicyclic) bond motifs is 2. The van der Waals surface area contributed by atoms with E-state index >= 15 is 0 Å². The third-order valence-corrected chi connectivity index (χ3v) is 6.90. The van der Waals surface area contributed by atoms with Crippen molar-refractivity contribution in [2.45, 2.75) is 19.9 Å². The maximum Gasteiger partial charge on any atom is 0.260 e. The van der Waals surface area contributed by atoms with Crippen LogP contribution >= 0.6 is 11.6 Å². The fraction of sp³-hybridized carbons (Fsp3) is 0.308. The van der Waals surface area contributed by atoms with Crippen molar-refractivity contribution in [3.63, 3.8) is 0 Å². The minimum absolute atomic E-state index is 0.0131. The molecule has 2 aromatic rings. The van der Waals surface area contributed by atoms with Crippen LogP contribution in [-0.2, 0) is 4.79 Å². The van der Waals surface area contributed by atoms with Gasteiger partial charge in [0.1, 0.15) is 34.5 Å².